The molecule has 2 N–H and O–H groups in total. The van der Waals surface area contributed by atoms with Crippen molar-refractivity contribution in [2.75, 3.05) is 40.9 Å². The highest BCUT2D eigenvalue weighted by atomic mass is 31.2. The highest BCUT2D eigenvalue weighted by Gasteiger charge is 2.30. The molecule has 0 fully saturated rings. The monoisotopic (exact) mass is 1120 g/mol. The lowest BCUT2D eigenvalue weighted by atomic mass is 10.0. The number of esters is 1. The summed E-state index contributed by atoms with van der Waals surface area (Å²) in [6, 6.07) is -0.873. The number of allylic oxidation sites excluding steroid dienone is 17. The van der Waals surface area contributed by atoms with Crippen LogP contribution >= 0.6 is 7.82 Å². The van der Waals surface area contributed by atoms with E-state index in [1.165, 1.54) is 154 Å². The van der Waals surface area contributed by atoms with E-state index in [1.54, 1.807) is 0 Å². The molecule has 0 aliphatic carbocycles. The predicted molar refractivity (Wildman–Crippen MR) is 341 cm³/mol. The van der Waals surface area contributed by atoms with Gasteiger partial charge in [0.1, 0.15) is 19.3 Å². The summed E-state index contributed by atoms with van der Waals surface area (Å²) in [6.45, 7) is 6.81. The molecule has 0 aromatic heterocycles. The van der Waals surface area contributed by atoms with Gasteiger partial charge in [0.05, 0.1) is 33.8 Å². The number of amides is 1. The minimum Gasteiger partial charge on any atom is -0.456 e. The van der Waals surface area contributed by atoms with Crippen LogP contribution < -0.4 is 5.32 Å². The van der Waals surface area contributed by atoms with Gasteiger partial charge >= 0.3 is 13.8 Å². The molecule has 9 nitrogen and oxygen atoms in total. The van der Waals surface area contributed by atoms with E-state index in [2.05, 4.69) is 62.5 Å². The number of phosphoric ester groups is 1. The van der Waals surface area contributed by atoms with Gasteiger partial charge in [-0.2, -0.15) is 0 Å². The van der Waals surface area contributed by atoms with Crippen molar-refractivity contribution in [1.82, 2.24) is 5.32 Å². The third-order valence-corrected chi connectivity index (χ3v) is 14.8. The van der Waals surface area contributed by atoms with E-state index >= 15 is 0 Å². The zero-order valence-corrected chi connectivity index (χ0v) is 52.7. The number of quaternary nitrogens is 1. The first-order valence-corrected chi connectivity index (χ1v) is 33.8. The summed E-state index contributed by atoms with van der Waals surface area (Å²) in [5.74, 6) is -0.559. The van der Waals surface area contributed by atoms with E-state index in [4.69, 9.17) is 13.8 Å². The number of likely N-dealkylation sites (N-methyl/N-ethyl adjacent to an activating group) is 1. The topological polar surface area (TPSA) is 111 Å². The molecule has 79 heavy (non-hydrogen) atoms. The third-order valence-electron chi connectivity index (χ3n) is 13.9. The number of hydrogen-bond acceptors (Lipinski definition) is 6. The molecule has 0 spiro atoms. The Labute approximate surface area is 487 Å². The van der Waals surface area contributed by atoms with Crippen LogP contribution in [-0.2, 0) is 27.9 Å². The first kappa shape index (κ1) is 75.7. The van der Waals surface area contributed by atoms with E-state index in [0.717, 1.165) is 70.6 Å². The Balaban J connectivity index is 5.15. The van der Waals surface area contributed by atoms with E-state index in [1.807, 2.05) is 94.1 Å². The van der Waals surface area contributed by atoms with Crippen molar-refractivity contribution in [1.29, 1.82) is 0 Å². The number of carbonyl (C=O) groups is 2. The number of phosphoric acid groups is 1. The molecule has 0 rings (SSSR count). The van der Waals surface area contributed by atoms with Crippen LogP contribution in [0, 0.1) is 0 Å². The molecule has 3 unspecified atom stereocenters. The largest absolute Gasteiger partial charge is 0.472 e. The van der Waals surface area contributed by atoms with Crippen molar-refractivity contribution >= 4 is 19.7 Å². The minimum atomic E-state index is -4.47. The summed E-state index contributed by atoms with van der Waals surface area (Å²) in [6.07, 6.45) is 79.5. The number of unbranched alkanes of at least 4 members (excludes halogenated alkanes) is 30. The summed E-state index contributed by atoms with van der Waals surface area (Å²) >= 11 is 0. The van der Waals surface area contributed by atoms with Crippen molar-refractivity contribution in [3.63, 3.8) is 0 Å². The van der Waals surface area contributed by atoms with Crippen LogP contribution in [0.4, 0.5) is 0 Å². The van der Waals surface area contributed by atoms with Crippen LogP contribution in [0.25, 0.3) is 0 Å². The molecule has 1 amide bonds. The third kappa shape index (κ3) is 59.1. The first-order chi connectivity index (χ1) is 38.4. The van der Waals surface area contributed by atoms with Crippen molar-refractivity contribution < 1.29 is 37.3 Å². The molecule has 0 saturated heterocycles. The molecule has 454 valence electrons. The van der Waals surface area contributed by atoms with Gasteiger partial charge in [-0.3, -0.25) is 18.6 Å². The summed E-state index contributed by atoms with van der Waals surface area (Å²) in [5.41, 5.74) is 0. The zero-order valence-electron chi connectivity index (χ0n) is 51.8. The standard InChI is InChI=1S/C69H121N2O7P/c1-7-10-13-16-19-22-25-27-29-31-32-33-34-35-36-37-38-40-41-43-46-49-52-55-58-61-68(72)70-66(65-77-79(74,75)76-64-63-71(4,5)6)67(60-57-54-51-48-45-24-21-18-15-12-9-3)78-69(73)62-59-56-53-50-47-44-42-39-30-28-26-23-20-17-14-11-8-2/h11,14,17,19-20,22-23,26-30,39,42,44,47,57,60,66-67H,7-10,12-13,15-16,18,21,24-25,31-38,40-41,43,45-46,48-56,58-59,61-65H2,1-6H3,(H-,70,72,74,75)/p+1/b14-11-,20-17+,22-19-,26-23+,29-27-,30-28-,42-39+,47-44+,60-57-. The Kier molecular flexibility index (Phi) is 55.4. The highest BCUT2D eigenvalue weighted by molar-refractivity contribution is 7.47. The Bertz CT molecular complexity index is 1720. The van der Waals surface area contributed by atoms with Gasteiger partial charge in [0.25, 0.3) is 0 Å². The van der Waals surface area contributed by atoms with Crippen LogP contribution in [0.5, 0.6) is 0 Å². The van der Waals surface area contributed by atoms with Gasteiger partial charge in [-0.1, -0.05) is 278 Å². The Morgan fingerprint density at radius 3 is 1.35 bits per heavy atom. The number of ether oxygens (including phenoxy) is 1. The van der Waals surface area contributed by atoms with Crippen LogP contribution in [-0.4, -0.2) is 74.3 Å². The molecule has 0 saturated carbocycles. The maximum absolute atomic E-state index is 13.6. The first-order valence-electron chi connectivity index (χ1n) is 32.3. The molecule has 0 aliphatic heterocycles. The Morgan fingerprint density at radius 2 is 0.861 bits per heavy atom. The Morgan fingerprint density at radius 1 is 0.468 bits per heavy atom. The molecule has 0 heterocycles. The summed E-state index contributed by atoms with van der Waals surface area (Å²) in [4.78, 5) is 37.7. The SMILES string of the molecule is CC\C=C/C=C/C=C/C=C\C=C\C=C\CCCCCC(=O)OC(/C=C\CCCCCCCCCCC)C(COP(=O)(O)OCC[N+](C)(C)C)NC(=O)CCCCCCCCCCCCCCCCC/C=C\C/C=C\CCCCC. The molecule has 0 aromatic carbocycles. The Hall–Kier alpha value is -3.33. The van der Waals surface area contributed by atoms with E-state index in [0.29, 0.717) is 23.9 Å². The summed E-state index contributed by atoms with van der Waals surface area (Å²) in [7, 11) is 1.46. The highest BCUT2D eigenvalue weighted by Crippen LogP contribution is 2.43. The number of rotatable bonds is 57. The van der Waals surface area contributed by atoms with Gasteiger partial charge in [-0.15, -0.1) is 0 Å². The maximum Gasteiger partial charge on any atom is 0.472 e. The average molecular weight is 1120 g/mol. The quantitative estimate of drug-likeness (QED) is 0.0156. The second kappa shape index (κ2) is 57.9. The molecule has 0 aromatic rings. The van der Waals surface area contributed by atoms with Crippen molar-refractivity contribution in [3.05, 3.63) is 109 Å². The zero-order chi connectivity index (χ0) is 57.9. The van der Waals surface area contributed by atoms with Gasteiger partial charge in [-0.25, -0.2) is 4.57 Å². The van der Waals surface area contributed by atoms with Gasteiger partial charge in [0.15, 0.2) is 0 Å². The van der Waals surface area contributed by atoms with Crippen molar-refractivity contribution in [3.8, 4) is 0 Å². The van der Waals surface area contributed by atoms with Gasteiger partial charge in [-0.05, 0) is 83.1 Å². The average Bonchev–Trinajstić information content (AvgIpc) is 3.41. The van der Waals surface area contributed by atoms with Crippen LogP contribution in [0.2, 0.25) is 0 Å². The molecule has 0 bridgehead atoms. The van der Waals surface area contributed by atoms with Crippen molar-refractivity contribution in [2.24, 2.45) is 0 Å². The van der Waals surface area contributed by atoms with Crippen LogP contribution in [0.1, 0.15) is 265 Å². The van der Waals surface area contributed by atoms with Crippen molar-refractivity contribution in [2.45, 2.75) is 277 Å². The molecular formula is C69H122N2O7P+. The van der Waals surface area contributed by atoms with Gasteiger partial charge in [0.2, 0.25) is 5.91 Å². The second-order valence-electron chi connectivity index (χ2n) is 22.7. The lowest BCUT2D eigenvalue weighted by Crippen LogP contribution is -2.47. The van der Waals surface area contributed by atoms with Gasteiger partial charge < -0.3 is 19.4 Å². The smallest absolute Gasteiger partial charge is 0.456 e. The summed E-state index contributed by atoms with van der Waals surface area (Å²) in [5, 5.41) is 3.05. The van der Waals surface area contributed by atoms with E-state index < -0.39 is 20.0 Å². The second-order valence-corrected chi connectivity index (χ2v) is 24.2. The van der Waals surface area contributed by atoms with E-state index in [9.17, 15) is 19.0 Å². The summed E-state index contributed by atoms with van der Waals surface area (Å²) < 4.78 is 30.7. The number of carbonyl (C=O) groups excluding carboxylic acids is 2. The fourth-order valence-electron chi connectivity index (χ4n) is 8.88. The predicted octanol–water partition coefficient (Wildman–Crippen LogP) is 20.1. The molecule has 0 aliphatic rings. The lowest BCUT2D eigenvalue weighted by molar-refractivity contribution is -0.870. The van der Waals surface area contributed by atoms with Gasteiger partial charge in [0, 0.05) is 12.8 Å². The molecule has 0 radical (unpaired) electrons. The number of nitrogens with zero attached hydrogens (tertiary/aromatic N) is 1. The van der Waals surface area contributed by atoms with Crippen LogP contribution in [0.3, 0.4) is 0 Å². The molecule has 10 heteroatoms. The number of hydrogen-bond donors (Lipinski definition) is 2. The normalized spacial score (nSPS) is 14.4. The number of nitrogens with one attached hydrogen (secondary N) is 1. The molecular weight excluding hydrogens is 1000 g/mol. The van der Waals surface area contributed by atoms with E-state index in [-0.39, 0.29) is 31.5 Å². The van der Waals surface area contributed by atoms with Crippen LogP contribution in [0.15, 0.2) is 109 Å². The fourth-order valence-corrected chi connectivity index (χ4v) is 9.62. The lowest BCUT2D eigenvalue weighted by Gasteiger charge is -2.27. The maximum atomic E-state index is 13.6. The fraction of sp³-hybridized carbons (Fsp3) is 0.710. The minimum absolute atomic E-state index is 0.0278. The molecule has 3 atom stereocenters.